The van der Waals surface area contributed by atoms with E-state index < -0.39 is 0 Å². The molecule has 0 spiro atoms. The van der Waals surface area contributed by atoms with Crippen LogP contribution in [0.1, 0.15) is 96.8 Å². The highest BCUT2D eigenvalue weighted by Gasteiger charge is 2.23. The highest BCUT2D eigenvalue weighted by Crippen LogP contribution is 2.26. The number of aldehydes is 1. The van der Waals surface area contributed by atoms with Gasteiger partial charge >= 0.3 is 0 Å². The minimum atomic E-state index is 0.115. The van der Waals surface area contributed by atoms with Crippen molar-refractivity contribution in [1.82, 2.24) is 0 Å². The largest absolute Gasteiger partial charge is 0.303 e. The second kappa shape index (κ2) is 11.9. The number of carbonyl (C=O) groups excluding carboxylic acids is 2. The van der Waals surface area contributed by atoms with Gasteiger partial charge < -0.3 is 4.79 Å². The number of hydrogen-bond acceptors (Lipinski definition) is 2. The van der Waals surface area contributed by atoms with Gasteiger partial charge in [-0.15, -0.1) is 0 Å². The summed E-state index contributed by atoms with van der Waals surface area (Å²) < 4.78 is 0. The monoisotopic (exact) mass is 294 g/mol. The van der Waals surface area contributed by atoms with Crippen LogP contribution in [0.2, 0.25) is 0 Å². The van der Waals surface area contributed by atoms with Gasteiger partial charge in [0.1, 0.15) is 12.1 Å². The summed E-state index contributed by atoms with van der Waals surface area (Å²) in [5.74, 6) is 0.703. The Morgan fingerprint density at radius 2 is 1.76 bits per heavy atom. The van der Waals surface area contributed by atoms with E-state index >= 15 is 0 Å². The number of Topliss-reactive ketones (excluding diaryl/α,β-unsaturated/α-hetero) is 1. The topological polar surface area (TPSA) is 34.1 Å². The summed E-state index contributed by atoms with van der Waals surface area (Å²) in [7, 11) is 0. The van der Waals surface area contributed by atoms with Crippen molar-refractivity contribution in [2.24, 2.45) is 11.8 Å². The lowest BCUT2D eigenvalue weighted by Gasteiger charge is -2.21. The SMILES string of the molecule is CCCCCCCC[C@H](C=O)C[C@H]1CCCCCCC1=O. The van der Waals surface area contributed by atoms with Crippen LogP contribution < -0.4 is 0 Å². The van der Waals surface area contributed by atoms with Gasteiger partial charge in [0.05, 0.1) is 0 Å². The van der Waals surface area contributed by atoms with Crippen LogP contribution in [0.5, 0.6) is 0 Å². The second-order valence-corrected chi connectivity index (χ2v) is 6.80. The molecule has 1 aliphatic rings. The molecule has 0 N–H and O–H groups in total. The molecule has 1 fully saturated rings. The first-order valence-corrected chi connectivity index (χ1v) is 9.26. The molecule has 0 amide bonds. The van der Waals surface area contributed by atoms with Crippen LogP contribution in [0.3, 0.4) is 0 Å². The van der Waals surface area contributed by atoms with Crippen LogP contribution >= 0.6 is 0 Å². The molecule has 0 unspecified atom stereocenters. The number of unbranched alkanes of at least 4 members (excludes halogenated alkanes) is 5. The maximum Gasteiger partial charge on any atom is 0.135 e. The standard InChI is InChI=1S/C19H34O2/c1-2-3-4-5-6-9-12-17(16-20)15-18-13-10-7-8-11-14-19(18)21/h16-18H,2-15H2,1H3/t17-,18+/m0/s1. The molecular formula is C19H34O2. The first-order chi connectivity index (χ1) is 10.3. The first kappa shape index (κ1) is 18.4. The Labute approximate surface area is 131 Å². The van der Waals surface area contributed by atoms with Crippen molar-refractivity contribution in [3.63, 3.8) is 0 Å². The highest BCUT2D eigenvalue weighted by molar-refractivity contribution is 5.81. The van der Waals surface area contributed by atoms with E-state index in [4.69, 9.17) is 0 Å². The molecule has 1 saturated carbocycles. The first-order valence-electron chi connectivity index (χ1n) is 9.26. The lowest BCUT2D eigenvalue weighted by molar-refractivity contribution is -0.124. The van der Waals surface area contributed by atoms with Crippen LogP contribution in [0.25, 0.3) is 0 Å². The Balaban J connectivity index is 2.24. The van der Waals surface area contributed by atoms with Crippen molar-refractivity contribution in [2.45, 2.75) is 96.8 Å². The van der Waals surface area contributed by atoms with Gasteiger partial charge in [0, 0.05) is 18.3 Å². The number of ketones is 1. The zero-order chi connectivity index (χ0) is 15.3. The van der Waals surface area contributed by atoms with Gasteiger partial charge in [-0.1, -0.05) is 64.7 Å². The van der Waals surface area contributed by atoms with Gasteiger partial charge in [0.2, 0.25) is 0 Å². The fraction of sp³-hybridized carbons (Fsp3) is 0.895. The molecule has 1 rings (SSSR count). The Hall–Kier alpha value is -0.660. The van der Waals surface area contributed by atoms with Crippen LogP contribution in [-0.4, -0.2) is 12.1 Å². The normalized spacial score (nSPS) is 21.6. The summed E-state index contributed by atoms with van der Waals surface area (Å²) in [5.41, 5.74) is 0. The number of carbonyl (C=O) groups is 2. The molecule has 0 heterocycles. The van der Waals surface area contributed by atoms with E-state index in [1.807, 2.05) is 0 Å². The summed E-state index contributed by atoms with van der Waals surface area (Å²) in [5, 5.41) is 0. The molecule has 122 valence electrons. The van der Waals surface area contributed by atoms with Crippen molar-refractivity contribution >= 4 is 12.1 Å². The van der Waals surface area contributed by atoms with Gasteiger partial charge in [-0.3, -0.25) is 4.79 Å². The molecule has 21 heavy (non-hydrogen) atoms. The molecule has 0 radical (unpaired) electrons. The summed E-state index contributed by atoms with van der Waals surface area (Å²) >= 11 is 0. The maximum atomic E-state index is 12.2. The molecule has 2 heteroatoms. The van der Waals surface area contributed by atoms with Crippen molar-refractivity contribution in [3.8, 4) is 0 Å². The van der Waals surface area contributed by atoms with Gasteiger partial charge in [0.25, 0.3) is 0 Å². The average molecular weight is 294 g/mol. The molecule has 0 aromatic rings. The van der Waals surface area contributed by atoms with E-state index in [0.29, 0.717) is 5.78 Å². The molecule has 0 aromatic carbocycles. The predicted octanol–water partition coefficient (Wildman–Crippen LogP) is 5.48. The van der Waals surface area contributed by atoms with Crippen LogP contribution in [-0.2, 0) is 9.59 Å². The van der Waals surface area contributed by atoms with Crippen LogP contribution in [0.4, 0.5) is 0 Å². The predicted molar refractivity (Wildman–Crippen MR) is 88.4 cm³/mol. The van der Waals surface area contributed by atoms with Crippen LogP contribution in [0.15, 0.2) is 0 Å². The van der Waals surface area contributed by atoms with Crippen molar-refractivity contribution < 1.29 is 9.59 Å². The van der Waals surface area contributed by atoms with Crippen molar-refractivity contribution in [3.05, 3.63) is 0 Å². The second-order valence-electron chi connectivity index (χ2n) is 6.80. The van der Waals surface area contributed by atoms with E-state index in [9.17, 15) is 9.59 Å². The zero-order valence-electron chi connectivity index (χ0n) is 13.9. The third-order valence-corrected chi connectivity index (χ3v) is 4.89. The Morgan fingerprint density at radius 3 is 2.52 bits per heavy atom. The molecule has 2 atom stereocenters. The Bertz CT molecular complexity index is 285. The maximum absolute atomic E-state index is 12.2. The molecule has 0 aliphatic heterocycles. The van der Waals surface area contributed by atoms with E-state index in [0.717, 1.165) is 44.8 Å². The van der Waals surface area contributed by atoms with Gasteiger partial charge in [-0.25, -0.2) is 0 Å². The third kappa shape index (κ3) is 8.38. The molecular weight excluding hydrogens is 260 g/mol. The molecule has 2 nitrogen and oxygen atoms in total. The molecule has 0 saturated heterocycles. The van der Waals surface area contributed by atoms with Gasteiger partial charge in [-0.2, -0.15) is 0 Å². The summed E-state index contributed by atoms with van der Waals surface area (Å²) in [6.45, 7) is 2.23. The lowest BCUT2D eigenvalue weighted by atomic mass is 9.82. The molecule has 0 bridgehead atoms. The lowest BCUT2D eigenvalue weighted by Crippen LogP contribution is -2.20. The van der Waals surface area contributed by atoms with Crippen LogP contribution in [0, 0.1) is 11.8 Å². The Kier molecular flexibility index (Phi) is 10.5. The highest BCUT2D eigenvalue weighted by atomic mass is 16.1. The van der Waals surface area contributed by atoms with Crippen molar-refractivity contribution in [2.75, 3.05) is 0 Å². The van der Waals surface area contributed by atoms with E-state index in [2.05, 4.69) is 6.92 Å². The number of rotatable bonds is 10. The van der Waals surface area contributed by atoms with E-state index in [1.165, 1.54) is 51.4 Å². The summed E-state index contributed by atoms with van der Waals surface area (Å²) in [6.07, 6.45) is 17.0. The Morgan fingerprint density at radius 1 is 1.05 bits per heavy atom. The fourth-order valence-electron chi connectivity index (χ4n) is 3.45. The smallest absolute Gasteiger partial charge is 0.135 e. The van der Waals surface area contributed by atoms with E-state index in [-0.39, 0.29) is 11.8 Å². The van der Waals surface area contributed by atoms with Gasteiger partial charge in [0.15, 0.2) is 0 Å². The number of hydrogen-bond donors (Lipinski definition) is 0. The zero-order valence-corrected chi connectivity index (χ0v) is 13.9. The van der Waals surface area contributed by atoms with E-state index in [1.54, 1.807) is 0 Å². The summed E-state index contributed by atoms with van der Waals surface area (Å²) in [6, 6.07) is 0. The average Bonchev–Trinajstić information content (AvgIpc) is 2.48. The minimum Gasteiger partial charge on any atom is -0.303 e. The molecule has 1 aliphatic carbocycles. The molecule has 0 aromatic heterocycles. The fourth-order valence-corrected chi connectivity index (χ4v) is 3.45. The van der Waals surface area contributed by atoms with Gasteiger partial charge in [-0.05, 0) is 25.7 Å². The summed E-state index contributed by atoms with van der Waals surface area (Å²) in [4.78, 5) is 23.4. The van der Waals surface area contributed by atoms with Crippen molar-refractivity contribution in [1.29, 1.82) is 0 Å². The quantitative estimate of drug-likeness (QED) is 0.395. The third-order valence-electron chi connectivity index (χ3n) is 4.89. The minimum absolute atomic E-state index is 0.115.